The van der Waals surface area contributed by atoms with Gasteiger partial charge in [-0.2, -0.15) is 0 Å². The Morgan fingerprint density at radius 3 is 2.71 bits per heavy atom. The molecule has 2 rings (SSSR count). The first-order valence-electron chi connectivity index (χ1n) is 6.86. The molecule has 21 heavy (non-hydrogen) atoms. The number of likely N-dealkylation sites (tertiary alicyclic amines) is 1. The van der Waals surface area contributed by atoms with Crippen LogP contribution < -0.4 is 4.74 Å². The molecule has 0 spiro atoms. The zero-order valence-corrected chi connectivity index (χ0v) is 11.8. The van der Waals surface area contributed by atoms with Crippen molar-refractivity contribution in [2.75, 3.05) is 19.7 Å². The van der Waals surface area contributed by atoms with Crippen LogP contribution in [0, 0.1) is 10.1 Å². The van der Waals surface area contributed by atoms with Crippen LogP contribution in [0.3, 0.4) is 0 Å². The van der Waals surface area contributed by atoms with Crippen LogP contribution in [0.15, 0.2) is 18.2 Å². The topological polar surface area (TPSA) is 92.9 Å². The number of hydrogen-bond donors (Lipinski definition) is 1. The summed E-state index contributed by atoms with van der Waals surface area (Å²) in [6.45, 7) is 2.85. The highest BCUT2D eigenvalue weighted by molar-refractivity contribution is 5.78. The first-order chi connectivity index (χ1) is 9.99. The lowest BCUT2D eigenvalue weighted by Crippen LogP contribution is -2.32. The van der Waals surface area contributed by atoms with Crippen molar-refractivity contribution < 1.29 is 19.6 Å². The van der Waals surface area contributed by atoms with Gasteiger partial charge in [-0.1, -0.05) is 0 Å². The number of nitrogens with zero attached hydrogens (tertiary/aromatic N) is 2. The van der Waals surface area contributed by atoms with Gasteiger partial charge in [-0.05, 0) is 25.8 Å². The summed E-state index contributed by atoms with van der Waals surface area (Å²) in [6.07, 6.45) is 1.09. The fourth-order valence-electron chi connectivity index (χ4n) is 2.30. The number of carbonyl (C=O) groups excluding carboxylic acids is 1. The molecule has 1 heterocycles. The highest BCUT2D eigenvalue weighted by atomic mass is 16.6. The second kappa shape index (κ2) is 6.53. The lowest BCUT2D eigenvalue weighted by molar-refractivity contribution is -0.385. The number of nitro groups is 1. The molecular formula is C14H18N2O5. The molecule has 1 saturated heterocycles. The second-order valence-corrected chi connectivity index (χ2v) is 5.03. The fourth-order valence-corrected chi connectivity index (χ4v) is 2.30. The monoisotopic (exact) mass is 294 g/mol. The molecule has 1 amide bonds. The minimum absolute atomic E-state index is 0.109. The largest absolute Gasteiger partial charge is 0.483 e. The Hall–Kier alpha value is -2.15. The SMILES string of the molecule is C[C@H](O)c1cc([N+](=O)[O-])ccc1OCC(=O)N1CCCC1. The number of rotatable bonds is 5. The van der Waals surface area contributed by atoms with Crippen molar-refractivity contribution in [3.8, 4) is 5.75 Å². The van der Waals surface area contributed by atoms with Crippen LogP contribution >= 0.6 is 0 Å². The molecule has 1 aliphatic rings. The summed E-state index contributed by atoms with van der Waals surface area (Å²) in [5.41, 5.74) is 0.183. The maximum atomic E-state index is 11.9. The van der Waals surface area contributed by atoms with Crippen LogP contribution in [-0.4, -0.2) is 40.5 Å². The Morgan fingerprint density at radius 1 is 1.48 bits per heavy atom. The number of carbonyl (C=O) groups is 1. The van der Waals surface area contributed by atoms with Crippen LogP contribution in [0.25, 0.3) is 0 Å². The molecule has 114 valence electrons. The smallest absolute Gasteiger partial charge is 0.270 e. The number of aliphatic hydroxyl groups excluding tert-OH is 1. The van der Waals surface area contributed by atoms with E-state index >= 15 is 0 Å². The summed E-state index contributed by atoms with van der Waals surface area (Å²) in [5.74, 6) is 0.186. The van der Waals surface area contributed by atoms with Crippen molar-refractivity contribution in [1.29, 1.82) is 0 Å². The number of nitro benzene ring substituents is 1. The molecule has 0 bridgehead atoms. The molecule has 0 saturated carbocycles. The highest BCUT2D eigenvalue weighted by Gasteiger charge is 2.20. The maximum absolute atomic E-state index is 11.9. The van der Waals surface area contributed by atoms with Gasteiger partial charge in [0.2, 0.25) is 0 Å². The predicted octanol–water partition coefficient (Wildman–Crippen LogP) is 1.65. The number of hydrogen-bond acceptors (Lipinski definition) is 5. The quantitative estimate of drug-likeness (QED) is 0.658. The van der Waals surface area contributed by atoms with Crippen molar-refractivity contribution in [2.45, 2.75) is 25.9 Å². The van der Waals surface area contributed by atoms with Crippen LogP contribution in [0.1, 0.15) is 31.4 Å². The normalized spacial score (nSPS) is 15.8. The fraction of sp³-hybridized carbons (Fsp3) is 0.500. The van der Waals surface area contributed by atoms with E-state index < -0.39 is 11.0 Å². The molecule has 0 aromatic heterocycles. The number of ether oxygens (including phenoxy) is 1. The highest BCUT2D eigenvalue weighted by Crippen LogP contribution is 2.29. The zero-order chi connectivity index (χ0) is 15.4. The van der Waals surface area contributed by atoms with Crippen LogP contribution in [-0.2, 0) is 4.79 Å². The Balaban J connectivity index is 2.08. The van der Waals surface area contributed by atoms with E-state index in [0.29, 0.717) is 11.3 Å². The molecule has 1 aromatic rings. The lowest BCUT2D eigenvalue weighted by atomic mass is 10.1. The molecule has 1 aliphatic heterocycles. The van der Waals surface area contributed by atoms with E-state index in [4.69, 9.17) is 4.74 Å². The summed E-state index contributed by atoms with van der Waals surface area (Å²) >= 11 is 0. The molecule has 1 fully saturated rings. The van der Waals surface area contributed by atoms with Gasteiger partial charge in [0.15, 0.2) is 6.61 Å². The number of non-ortho nitro benzene ring substituents is 1. The van der Waals surface area contributed by atoms with Gasteiger partial charge in [0, 0.05) is 30.8 Å². The Kier molecular flexibility index (Phi) is 4.74. The average Bonchev–Trinajstić information content (AvgIpc) is 2.98. The Morgan fingerprint density at radius 2 is 2.14 bits per heavy atom. The van der Waals surface area contributed by atoms with Crippen molar-refractivity contribution >= 4 is 11.6 Å². The predicted molar refractivity (Wildman–Crippen MR) is 75.0 cm³/mol. The van der Waals surface area contributed by atoms with Crippen molar-refractivity contribution in [1.82, 2.24) is 4.90 Å². The number of amides is 1. The molecule has 1 aromatic carbocycles. The van der Waals surface area contributed by atoms with Crippen LogP contribution in [0.5, 0.6) is 5.75 Å². The van der Waals surface area contributed by atoms with E-state index in [1.165, 1.54) is 25.1 Å². The third-order valence-corrected chi connectivity index (χ3v) is 3.46. The Labute approximate surface area is 122 Å². The van der Waals surface area contributed by atoms with Gasteiger partial charge >= 0.3 is 0 Å². The zero-order valence-electron chi connectivity index (χ0n) is 11.8. The van der Waals surface area contributed by atoms with Crippen LogP contribution in [0.2, 0.25) is 0 Å². The van der Waals surface area contributed by atoms with Crippen molar-refractivity contribution in [2.24, 2.45) is 0 Å². The summed E-state index contributed by atoms with van der Waals surface area (Å²) < 4.78 is 5.43. The van der Waals surface area contributed by atoms with Gasteiger partial charge in [0.1, 0.15) is 5.75 Å². The van der Waals surface area contributed by atoms with Crippen LogP contribution in [0.4, 0.5) is 5.69 Å². The summed E-state index contributed by atoms with van der Waals surface area (Å²) in [6, 6.07) is 3.97. The van der Waals surface area contributed by atoms with Gasteiger partial charge in [-0.15, -0.1) is 0 Å². The summed E-state index contributed by atoms with van der Waals surface area (Å²) in [5, 5.41) is 20.4. The molecule has 7 heteroatoms. The Bertz CT molecular complexity index is 538. The maximum Gasteiger partial charge on any atom is 0.270 e. The van der Waals surface area contributed by atoms with Gasteiger partial charge < -0.3 is 14.7 Å². The van der Waals surface area contributed by atoms with E-state index in [1.807, 2.05) is 0 Å². The van der Waals surface area contributed by atoms with Gasteiger partial charge in [0.05, 0.1) is 11.0 Å². The van der Waals surface area contributed by atoms with E-state index in [0.717, 1.165) is 25.9 Å². The summed E-state index contributed by atoms with van der Waals surface area (Å²) in [7, 11) is 0. The van der Waals surface area contributed by atoms with Crippen molar-refractivity contribution in [3.05, 3.63) is 33.9 Å². The molecular weight excluding hydrogens is 276 g/mol. The minimum atomic E-state index is -0.915. The van der Waals surface area contributed by atoms with Gasteiger partial charge in [-0.3, -0.25) is 14.9 Å². The van der Waals surface area contributed by atoms with Crippen molar-refractivity contribution in [3.63, 3.8) is 0 Å². The van der Waals surface area contributed by atoms with Gasteiger partial charge in [-0.25, -0.2) is 0 Å². The standard InChI is InChI=1S/C14H18N2O5/c1-10(17)12-8-11(16(19)20)4-5-13(12)21-9-14(18)15-6-2-3-7-15/h4-5,8,10,17H,2-3,6-7,9H2,1H3/t10-/m0/s1. The molecule has 0 radical (unpaired) electrons. The first kappa shape index (κ1) is 15.2. The van der Waals surface area contributed by atoms with E-state index in [-0.39, 0.29) is 18.2 Å². The van der Waals surface area contributed by atoms with E-state index in [2.05, 4.69) is 0 Å². The minimum Gasteiger partial charge on any atom is -0.483 e. The summed E-state index contributed by atoms with van der Waals surface area (Å²) in [4.78, 5) is 23.8. The molecule has 0 unspecified atom stereocenters. The number of benzene rings is 1. The molecule has 0 aliphatic carbocycles. The number of aliphatic hydroxyl groups is 1. The lowest BCUT2D eigenvalue weighted by Gasteiger charge is -2.17. The molecule has 1 N–H and O–H groups in total. The molecule has 1 atom stereocenters. The molecule has 7 nitrogen and oxygen atoms in total. The second-order valence-electron chi connectivity index (χ2n) is 5.03. The third-order valence-electron chi connectivity index (χ3n) is 3.46. The van der Waals surface area contributed by atoms with Gasteiger partial charge in [0.25, 0.3) is 11.6 Å². The third kappa shape index (κ3) is 3.69. The average molecular weight is 294 g/mol. The van der Waals surface area contributed by atoms with E-state index in [1.54, 1.807) is 4.90 Å². The first-order valence-corrected chi connectivity index (χ1v) is 6.86. The van der Waals surface area contributed by atoms with E-state index in [9.17, 15) is 20.0 Å².